The fourth-order valence-electron chi connectivity index (χ4n) is 3.66. The minimum absolute atomic E-state index is 0.177. The predicted molar refractivity (Wildman–Crippen MR) is 140 cm³/mol. The molecule has 0 aliphatic carbocycles. The monoisotopic (exact) mass is 532 g/mol. The molecule has 0 aliphatic heterocycles. The van der Waals surface area contributed by atoms with Crippen molar-refractivity contribution >= 4 is 39.2 Å². The zero-order chi connectivity index (χ0) is 23.7. The zero-order valence-corrected chi connectivity index (χ0v) is 20.9. The van der Waals surface area contributed by atoms with Crippen LogP contribution < -0.4 is 10.4 Å². The molecule has 5 rings (SSSR count). The molecule has 7 nitrogen and oxygen atoms in total. The number of rotatable bonds is 5. The Balaban J connectivity index is 1.71. The molecular formula is C25H21BrN6OS. The van der Waals surface area contributed by atoms with Crippen LogP contribution in [-0.2, 0) is 7.05 Å². The lowest BCUT2D eigenvalue weighted by Gasteiger charge is -2.07. The van der Waals surface area contributed by atoms with E-state index in [-0.39, 0.29) is 5.56 Å². The van der Waals surface area contributed by atoms with Crippen molar-refractivity contribution in [1.82, 2.24) is 19.0 Å². The van der Waals surface area contributed by atoms with Crippen LogP contribution in [0, 0.1) is 6.92 Å². The number of nitrogens with one attached hydrogen (secondary N) is 1. The molecule has 0 saturated carbocycles. The van der Waals surface area contributed by atoms with E-state index in [9.17, 15) is 4.79 Å². The highest BCUT2D eigenvalue weighted by atomic mass is 79.9. The molecule has 9 heteroatoms. The summed E-state index contributed by atoms with van der Waals surface area (Å²) in [5.41, 5.74) is 4.50. The van der Waals surface area contributed by atoms with E-state index in [2.05, 4.69) is 20.9 Å². The maximum absolute atomic E-state index is 13.4. The molecule has 3 aromatic heterocycles. The fourth-order valence-corrected chi connectivity index (χ4v) is 4.90. The number of para-hydroxylation sites is 1. The van der Waals surface area contributed by atoms with Gasteiger partial charge >= 0.3 is 0 Å². The Bertz CT molecular complexity index is 1600. The summed E-state index contributed by atoms with van der Waals surface area (Å²) in [6, 6.07) is 21.4. The average Bonchev–Trinajstić information content (AvgIpc) is 3.55. The van der Waals surface area contributed by atoms with Gasteiger partial charge in [0.2, 0.25) is 4.80 Å². The highest BCUT2D eigenvalue weighted by Crippen LogP contribution is 2.24. The van der Waals surface area contributed by atoms with Crippen molar-refractivity contribution in [3.63, 3.8) is 0 Å². The van der Waals surface area contributed by atoms with Crippen LogP contribution in [0.15, 0.2) is 97.7 Å². The molecule has 0 unspecified atom stereocenters. The normalized spacial score (nSPS) is 12.1. The van der Waals surface area contributed by atoms with Gasteiger partial charge < -0.3 is 4.98 Å². The SMILES string of the molecule is Cc1c(N=c2scc(-c3cccc(Br)c3)n2N=Cc2ccc[nH]2)c(=O)n(-c2ccccc2)n1C. The van der Waals surface area contributed by atoms with Crippen LogP contribution in [0.4, 0.5) is 5.69 Å². The second-order valence-electron chi connectivity index (χ2n) is 7.62. The first-order chi connectivity index (χ1) is 16.5. The zero-order valence-electron chi connectivity index (χ0n) is 18.5. The lowest BCUT2D eigenvalue weighted by Crippen LogP contribution is -2.19. The molecule has 0 amide bonds. The van der Waals surface area contributed by atoms with Gasteiger partial charge in [0.05, 0.1) is 29.0 Å². The van der Waals surface area contributed by atoms with Crippen molar-refractivity contribution in [3.8, 4) is 16.9 Å². The van der Waals surface area contributed by atoms with Crippen molar-refractivity contribution in [1.29, 1.82) is 0 Å². The minimum Gasteiger partial charge on any atom is -0.360 e. The van der Waals surface area contributed by atoms with E-state index in [0.29, 0.717) is 10.5 Å². The molecule has 0 fully saturated rings. The quantitative estimate of drug-likeness (QED) is 0.309. The summed E-state index contributed by atoms with van der Waals surface area (Å²) in [4.78, 5) is 21.9. The van der Waals surface area contributed by atoms with Crippen molar-refractivity contribution < 1.29 is 0 Å². The third-order valence-electron chi connectivity index (χ3n) is 5.47. The number of hydrogen-bond donors (Lipinski definition) is 1. The van der Waals surface area contributed by atoms with Gasteiger partial charge in [-0.15, -0.1) is 11.3 Å². The summed E-state index contributed by atoms with van der Waals surface area (Å²) in [5.74, 6) is 0. The molecular weight excluding hydrogens is 512 g/mol. The van der Waals surface area contributed by atoms with Crippen molar-refractivity contribution in [3.05, 3.63) is 109 Å². The Labute approximate surface area is 208 Å². The molecule has 2 aromatic carbocycles. The Morgan fingerprint density at radius 3 is 2.62 bits per heavy atom. The summed E-state index contributed by atoms with van der Waals surface area (Å²) in [5, 5.41) is 6.70. The second-order valence-corrected chi connectivity index (χ2v) is 9.37. The Hall–Kier alpha value is -3.69. The van der Waals surface area contributed by atoms with Gasteiger partial charge in [-0.1, -0.05) is 46.3 Å². The Morgan fingerprint density at radius 2 is 1.88 bits per heavy atom. The fraction of sp³-hybridized carbons (Fsp3) is 0.0800. The molecule has 3 heterocycles. The van der Waals surface area contributed by atoms with Gasteiger partial charge in [0.25, 0.3) is 5.56 Å². The molecule has 34 heavy (non-hydrogen) atoms. The van der Waals surface area contributed by atoms with Gasteiger partial charge in [0.1, 0.15) is 0 Å². The lowest BCUT2D eigenvalue weighted by atomic mass is 10.2. The number of H-pyrrole nitrogens is 1. The number of thiazole rings is 1. The Morgan fingerprint density at radius 1 is 1.06 bits per heavy atom. The minimum atomic E-state index is -0.177. The number of aromatic nitrogens is 4. The van der Waals surface area contributed by atoms with Crippen LogP contribution in [0.2, 0.25) is 0 Å². The molecule has 1 N–H and O–H groups in total. The number of nitrogens with zero attached hydrogens (tertiary/aromatic N) is 5. The number of hydrogen-bond acceptors (Lipinski definition) is 4. The van der Waals surface area contributed by atoms with Crippen molar-refractivity contribution in [2.24, 2.45) is 17.1 Å². The summed E-state index contributed by atoms with van der Waals surface area (Å²) in [6.45, 7) is 1.90. The molecule has 0 bridgehead atoms. The number of aromatic amines is 1. The van der Waals surface area contributed by atoms with Crippen molar-refractivity contribution in [2.75, 3.05) is 0 Å². The predicted octanol–water partition coefficient (Wildman–Crippen LogP) is 5.22. The van der Waals surface area contributed by atoms with Gasteiger partial charge in [-0.2, -0.15) is 5.10 Å². The van der Waals surface area contributed by atoms with Gasteiger partial charge in [-0.3, -0.25) is 9.48 Å². The maximum atomic E-state index is 13.4. The first-order valence-electron chi connectivity index (χ1n) is 10.6. The van der Waals surface area contributed by atoms with Crippen LogP contribution in [0.25, 0.3) is 16.9 Å². The van der Waals surface area contributed by atoms with E-state index in [1.165, 1.54) is 11.3 Å². The summed E-state index contributed by atoms with van der Waals surface area (Å²) in [6.07, 6.45) is 3.59. The van der Waals surface area contributed by atoms with E-state index < -0.39 is 0 Å². The molecule has 0 spiro atoms. The first-order valence-corrected chi connectivity index (χ1v) is 12.2. The molecule has 0 atom stereocenters. The second kappa shape index (κ2) is 9.28. The molecule has 0 radical (unpaired) electrons. The van der Waals surface area contributed by atoms with E-state index in [1.54, 1.807) is 15.6 Å². The number of benzene rings is 2. The highest BCUT2D eigenvalue weighted by Gasteiger charge is 2.17. The van der Waals surface area contributed by atoms with Crippen LogP contribution in [0.3, 0.4) is 0 Å². The average molecular weight is 533 g/mol. The van der Waals surface area contributed by atoms with Gasteiger partial charge in [-0.25, -0.2) is 14.4 Å². The van der Waals surface area contributed by atoms with E-state index >= 15 is 0 Å². The van der Waals surface area contributed by atoms with E-state index in [4.69, 9.17) is 10.1 Å². The van der Waals surface area contributed by atoms with E-state index in [1.807, 2.05) is 97.0 Å². The molecule has 0 saturated heterocycles. The third-order valence-corrected chi connectivity index (χ3v) is 6.78. The smallest absolute Gasteiger partial charge is 0.297 e. The van der Waals surface area contributed by atoms with Gasteiger partial charge in [-0.05, 0) is 43.3 Å². The first kappa shape index (κ1) is 22.1. The van der Waals surface area contributed by atoms with Gasteiger partial charge in [0, 0.05) is 28.7 Å². The van der Waals surface area contributed by atoms with Crippen molar-refractivity contribution in [2.45, 2.75) is 6.92 Å². The highest BCUT2D eigenvalue weighted by molar-refractivity contribution is 9.10. The Kier molecular flexibility index (Phi) is 6.04. The molecule has 0 aliphatic rings. The summed E-state index contributed by atoms with van der Waals surface area (Å²) in [7, 11) is 1.86. The van der Waals surface area contributed by atoms with Gasteiger partial charge in [0.15, 0.2) is 5.69 Å². The van der Waals surface area contributed by atoms with Crippen LogP contribution in [0.5, 0.6) is 0 Å². The van der Waals surface area contributed by atoms with Crippen LogP contribution in [0.1, 0.15) is 11.4 Å². The lowest BCUT2D eigenvalue weighted by molar-refractivity contribution is 0.630. The topological polar surface area (TPSA) is 72.4 Å². The largest absolute Gasteiger partial charge is 0.360 e. The summed E-state index contributed by atoms with van der Waals surface area (Å²) >= 11 is 4.98. The van der Waals surface area contributed by atoms with E-state index in [0.717, 1.165) is 32.8 Å². The number of halogens is 1. The third kappa shape index (κ3) is 4.15. The summed E-state index contributed by atoms with van der Waals surface area (Å²) < 4.78 is 6.20. The standard InChI is InChI=1S/C25H21BrN6OS/c1-17-23(24(33)32(30(17)2)21-11-4-3-5-12-21)29-25-31(28-15-20-10-7-13-27-20)22(16-34-25)18-8-6-9-19(26)14-18/h3-16,27H,1-2H3. The molecule has 170 valence electrons. The maximum Gasteiger partial charge on any atom is 0.297 e. The molecule has 5 aromatic rings. The van der Waals surface area contributed by atoms with Crippen LogP contribution >= 0.6 is 27.3 Å². The van der Waals surface area contributed by atoms with Crippen LogP contribution in [-0.4, -0.2) is 25.2 Å².